The van der Waals surface area contributed by atoms with Gasteiger partial charge in [-0.2, -0.15) is 0 Å². The average molecular weight is 313 g/mol. The van der Waals surface area contributed by atoms with E-state index in [0.717, 1.165) is 30.1 Å². The van der Waals surface area contributed by atoms with Crippen molar-refractivity contribution in [2.45, 2.75) is 45.1 Å². The maximum absolute atomic E-state index is 13.0. The normalized spacial score (nSPS) is 28.5. The Bertz CT molecular complexity index is 584. The second kappa shape index (κ2) is 6.23. The van der Waals surface area contributed by atoms with Crippen LogP contribution in [0.4, 0.5) is 0 Å². The zero-order valence-electron chi connectivity index (χ0n) is 14.1. The molecule has 4 heterocycles. The number of amides is 1. The zero-order valence-corrected chi connectivity index (χ0v) is 14.1. The minimum absolute atomic E-state index is 0.179. The standard InChI is InChI=1S/C19H27N3O/c1-14-7-8-20-9-18(14)19(23)22-12-16-5-6-17(13-22)21(11-16)10-15-3-2-4-15/h7-9,15-17H,2-6,10-13H2,1H3/t16-,17-/m1/s1. The molecule has 4 aliphatic rings. The molecule has 1 aromatic rings. The molecule has 0 radical (unpaired) electrons. The summed E-state index contributed by atoms with van der Waals surface area (Å²) in [6.45, 7) is 6.28. The van der Waals surface area contributed by atoms with E-state index in [4.69, 9.17) is 0 Å². The molecule has 23 heavy (non-hydrogen) atoms. The van der Waals surface area contributed by atoms with E-state index in [1.807, 2.05) is 13.0 Å². The van der Waals surface area contributed by atoms with Crippen molar-refractivity contribution >= 4 is 5.91 Å². The predicted molar refractivity (Wildman–Crippen MR) is 90.3 cm³/mol. The fraction of sp³-hybridized carbons (Fsp3) is 0.684. The first kappa shape index (κ1) is 15.1. The number of piperidine rings is 1. The molecule has 0 N–H and O–H groups in total. The Labute approximate surface area is 138 Å². The van der Waals surface area contributed by atoms with Crippen LogP contribution in [-0.2, 0) is 0 Å². The van der Waals surface area contributed by atoms with Crippen LogP contribution in [0.3, 0.4) is 0 Å². The summed E-state index contributed by atoms with van der Waals surface area (Å²) in [6, 6.07) is 2.50. The van der Waals surface area contributed by atoms with Gasteiger partial charge in [0.1, 0.15) is 0 Å². The van der Waals surface area contributed by atoms with Crippen molar-refractivity contribution in [3.63, 3.8) is 0 Å². The number of carbonyl (C=O) groups excluding carboxylic acids is 1. The van der Waals surface area contributed by atoms with Gasteiger partial charge in [0, 0.05) is 44.6 Å². The van der Waals surface area contributed by atoms with E-state index in [-0.39, 0.29) is 5.91 Å². The van der Waals surface area contributed by atoms with Gasteiger partial charge in [0.2, 0.25) is 0 Å². The van der Waals surface area contributed by atoms with Gasteiger partial charge in [0.05, 0.1) is 5.56 Å². The van der Waals surface area contributed by atoms with Gasteiger partial charge in [-0.3, -0.25) is 14.7 Å². The van der Waals surface area contributed by atoms with Crippen molar-refractivity contribution in [3.05, 3.63) is 29.6 Å². The molecule has 2 atom stereocenters. The molecule has 5 rings (SSSR count). The van der Waals surface area contributed by atoms with E-state index < -0.39 is 0 Å². The lowest BCUT2D eigenvalue weighted by Crippen LogP contribution is -2.47. The van der Waals surface area contributed by atoms with E-state index in [9.17, 15) is 4.79 Å². The lowest BCUT2D eigenvalue weighted by molar-refractivity contribution is 0.0716. The van der Waals surface area contributed by atoms with E-state index in [1.54, 1.807) is 12.4 Å². The third kappa shape index (κ3) is 3.01. The van der Waals surface area contributed by atoms with Gasteiger partial charge in [-0.25, -0.2) is 0 Å². The number of aromatic nitrogens is 1. The average Bonchev–Trinajstić information content (AvgIpc) is 2.82. The molecule has 4 heteroatoms. The van der Waals surface area contributed by atoms with Gasteiger partial charge < -0.3 is 4.90 Å². The lowest BCUT2D eigenvalue weighted by atomic mass is 9.83. The van der Waals surface area contributed by atoms with Crippen molar-refractivity contribution in [2.75, 3.05) is 26.2 Å². The van der Waals surface area contributed by atoms with Crippen LogP contribution in [0.1, 0.15) is 48.0 Å². The van der Waals surface area contributed by atoms with Crippen molar-refractivity contribution in [2.24, 2.45) is 11.8 Å². The highest BCUT2D eigenvalue weighted by molar-refractivity contribution is 5.95. The maximum Gasteiger partial charge on any atom is 0.255 e. The van der Waals surface area contributed by atoms with Crippen LogP contribution in [0.2, 0.25) is 0 Å². The van der Waals surface area contributed by atoms with Crippen LogP contribution in [0.25, 0.3) is 0 Å². The zero-order chi connectivity index (χ0) is 15.8. The Hall–Kier alpha value is -1.42. The number of hydrogen-bond acceptors (Lipinski definition) is 3. The number of pyridine rings is 1. The molecule has 0 unspecified atom stereocenters. The Balaban J connectivity index is 1.49. The van der Waals surface area contributed by atoms with Crippen molar-refractivity contribution < 1.29 is 4.79 Å². The summed E-state index contributed by atoms with van der Waals surface area (Å²) in [5.41, 5.74) is 1.81. The largest absolute Gasteiger partial charge is 0.337 e. The van der Waals surface area contributed by atoms with E-state index in [1.165, 1.54) is 45.2 Å². The Morgan fingerprint density at radius 1 is 1.22 bits per heavy atom. The van der Waals surface area contributed by atoms with Gasteiger partial charge in [-0.15, -0.1) is 0 Å². The van der Waals surface area contributed by atoms with Crippen LogP contribution in [-0.4, -0.2) is 52.9 Å². The minimum Gasteiger partial charge on any atom is -0.337 e. The molecule has 3 saturated heterocycles. The molecule has 4 fully saturated rings. The van der Waals surface area contributed by atoms with Gasteiger partial charge in [-0.1, -0.05) is 6.42 Å². The topological polar surface area (TPSA) is 36.4 Å². The number of nitrogens with zero attached hydrogens (tertiary/aromatic N) is 3. The molecule has 124 valence electrons. The van der Waals surface area contributed by atoms with E-state index >= 15 is 0 Å². The maximum atomic E-state index is 13.0. The Morgan fingerprint density at radius 3 is 2.83 bits per heavy atom. The fourth-order valence-electron chi connectivity index (χ4n) is 4.43. The molecule has 0 aromatic carbocycles. The smallest absolute Gasteiger partial charge is 0.255 e. The number of fused-ring (bicyclic) bond motifs is 4. The van der Waals surface area contributed by atoms with Crippen LogP contribution < -0.4 is 0 Å². The molecule has 2 bridgehead atoms. The number of aryl methyl sites for hydroxylation is 1. The van der Waals surface area contributed by atoms with Crippen molar-refractivity contribution in [3.8, 4) is 0 Å². The molecule has 1 amide bonds. The summed E-state index contributed by atoms with van der Waals surface area (Å²) >= 11 is 0. The number of rotatable bonds is 3. The predicted octanol–water partition coefficient (Wildman–Crippen LogP) is 2.73. The highest BCUT2D eigenvalue weighted by atomic mass is 16.2. The summed E-state index contributed by atoms with van der Waals surface area (Å²) in [5, 5.41) is 0. The quantitative estimate of drug-likeness (QED) is 0.861. The second-order valence-corrected chi connectivity index (χ2v) is 7.75. The van der Waals surface area contributed by atoms with Gasteiger partial charge >= 0.3 is 0 Å². The first-order valence-electron chi connectivity index (χ1n) is 9.14. The van der Waals surface area contributed by atoms with Crippen LogP contribution in [0.5, 0.6) is 0 Å². The molecular weight excluding hydrogens is 286 g/mol. The number of carbonyl (C=O) groups is 1. The van der Waals surface area contributed by atoms with Gasteiger partial charge in [-0.05, 0) is 56.1 Å². The van der Waals surface area contributed by atoms with Crippen LogP contribution in [0, 0.1) is 18.8 Å². The molecular formula is C19H27N3O. The molecule has 1 aliphatic carbocycles. The van der Waals surface area contributed by atoms with Gasteiger partial charge in [0.15, 0.2) is 0 Å². The third-order valence-corrected chi connectivity index (χ3v) is 6.10. The highest BCUT2D eigenvalue weighted by Crippen LogP contribution is 2.33. The van der Waals surface area contributed by atoms with Crippen LogP contribution >= 0.6 is 0 Å². The molecule has 3 aliphatic heterocycles. The third-order valence-electron chi connectivity index (χ3n) is 6.10. The first-order valence-corrected chi connectivity index (χ1v) is 9.14. The fourth-order valence-corrected chi connectivity index (χ4v) is 4.43. The summed E-state index contributed by atoms with van der Waals surface area (Å²) in [6.07, 6.45) is 10.3. The summed E-state index contributed by atoms with van der Waals surface area (Å²) < 4.78 is 0. The second-order valence-electron chi connectivity index (χ2n) is 7.75. The minimum atomic E-state index is 0.179. The van der Waals surface area contributed by atoms with E-state index in [2.05, 4.69) is 14.8 Å². The Morgan fingerprint density at radius 2 is 2.09 bits per heavy atom. The molecule has 4 nitrogen and oxygen atoms in total. The molecule has 0 spiro atoms. The lowest BCUT2D eigenvalue weighted by Gasteiger charge is -2.40. The monoisotopic (exact) mass is 313 g/mol. The van der Waals surface area contributed by atoms with E-state index in [0.29, 0.717) is 12.0 Å². The molecule has 1 saturated carbocycles. The van der Waals surface area contributed by atoms with Crippen molar-refractivity contribution in [1.82, 2.24) is 14.8 Å². The summed E-state index contributed by atoms with van der Waals surface area (Å²) in [5.74, 6) is 1.74. The van der Waals surface area contributed by atoms with Crippen LogP contribution in [0.15, 0.2) is 18.5 Å². The Kier molecular flexibility index (Phi) is 4.10. The number of hydrogen-bond donors (Lipinski definition) is 0. The highest BCUT2D eigenvalue weighted by Gasteiger charge is 2.38. The molecule has 1 aromatic heterocycles. The summed E-state index contributed by atoms with van der Waals surface area (Å²) in [7, 11) is 0. The van der Waals surface area contributed by atoms with Gasteiger partial charge in [0.25, 0.3) is 5.91 Å². The van der Waals surface area contributed by atoms with Crippen molar-refractivity contribution in [1.29, 1.82) is 0 Å². The first-order chi connectivity index (χ1) is 11.2. The summed E-state index contributed by atoms with van der Waals surface area (Å²) in [4.78, 5) is 21.9. The SMILES string of the molecule is Cc1ccncc1C(=O)N1C[C@@H]2CC[C@H](C1)N(CC1CCC1)C2.